The van der Waals surface area contributed by atoms with Crippen molar-refractivity contribution in [1.29, 1.82) is 0 Å². The first-order valence-corrected chi connectivity index (χ1v) is 33.2. The Labute approximate surface area is 579 Å². The molecule has 0 aliphatic carbocycles. The lowest BCUT2D eigenvalue weighted by atomic mass is 9.95. The molecule has 2 fully saturated rings. The van der Waals surface area contributed by atoms with Gasteiger partial charge in [0.25, 0.3) is 17.0 Å². The lowest BCUT2D eigenvalue weighted by molar-refractivity contribution is -0.121. The minimum absolute atomic E-state index is 0.0151. The summed E-state index contributed by atoms with van der Waals surface area (Å²) >= 11 is 13.8. The Hall–Kier alpha value is -9.42. The van der Waals surface area contributed by atoms with Crippen LogP contribution < -0.4 is 40.6 Å². The molecule has 0 unspecified atom stereocenters. The van der Waals surface area contributed by atoms with E-state index < -0.39 is 93.8 Å². The zero-order valence-electron chi connectivity index (χ0n) is 58.1. The molecule has 12 rings (SSSR count). The molecule has 4 atom stereocenters. The number of rotatable bonds is 8. The van der Waals surface area contributed by atoms with Gasteiger partial charge < -0.3 is 48.8 Å². The molecule has 0 spiro atoms. The van der Waals surface area contributed by atoms with E-state index in [1.807, 2.05) is 34.6 Å². The molecule has 4 aliphatic heterocycles. The number of methoxy groups -OCH3 is 2. The number of amides is 4. The first kappa shape index (κ1) is 70.9. The van der Waals surface area contributed by atoms with Crippen LogP contribution in [-0.4, -0.2) is 136 Å². The summed E-state index contributed by atoms with van der Waals surface area (Å²) in [5.74, 6) is -4.66. The molecule has 26 heteroatoms. The number of piperazine rings is 2. The van der Waals surface area contributed by atoms with Crippen LogP contribution in [0.15, 0.2) is 82.6 Å². The second-order valence-corrected chi connectivity index (χ2v) is 28.8. The summed E-state index contributed by atoms with van der Waals surface area (Å²) in [6, 6.07) is 11.8. The third-order valence-electron chi connectivity index (χ3n) is 18.2. The van der Waals surface area contributed by atoms with Crippen LogP contribution in [0.5, 0.6) is 11.5 Å². The zero-order valence-corrected chi connectivity index (χ0v) is 59.6. The molecule has 4 aromatic carbocycles. The number of aryl methyl sites for hydroxylation is 2. The molecule has 4 amide bonds. The first-order chi connectivity index (χ1) is 46.5. The zero-order chi connectivity index (χ0) is 72.2. The average Bonchev–Trinajstić information content (AvgIpc) is 0.705. The van der Waals surface area contributed by atoms with Crippen LogP contribution in [0.25, 0.3) is 55.4 Å². The van der Waals surface area contributed by atoms with Crippen molar-refractivity contribution < 1.29 is 55.7 Å². The van der Waals surface area contributed by atoms with E-state index >= 15 is 22.4 Å². The van der Waals surface area contributed by atoms with E-state index in [-0.39, 0.29) is 126 Å². The number of halogens is 6. The SMILES string of the molecule is COc1cccc(F)c1-c1c(Cl)cc2c3c(c(=O)n(-c4c(C)ccnc4C(C)C)c2c1F)N(C)C(=O)[C@H]1CN(C(=O)OC(C)(C)C)[C@H](C)CN31.COc1cccc(F)c1-c1c(Cl)cc2c3c(c(=O)n(-c4c(C)ccnc4C(C)C)c2c1F)NC(=O)[C@H]1CN(C(=O)OC(C)(C)C)[C@H](C)CN31. The van der Waals surface area contributed by atoms with Crippen molar-refractivity contribution in [3.63, 3.8) is 0 Å². The van der Waals surface area contributed by atoms with Gasteiger partial charge in [0.05, 0.1) is 93.7 Å². The van der Waals surface area contributed by atoms with E-state index in [0.717, 1.165) is 0 Å². The average molecular weight is 1400 g/mol. The normalized spacial score (nSPS) is 17.6. The molecule has 99 heavy (non-hydrogen) atoms. The fraction of sp³-hybridized carbons (Fsp3) is 0.397. The molecule has 0 bridgehead atoms. The van der Waals surface area contributed by atoms with Gasteiger partial charge in [-0.25, -0.2) is 27.2 Å². The van der Waals surface area contributed by atoms with Crippen LogP contribution in [0.4, 0.5) is 49.9 Å². The Morgan fingerprint density at radius 1 is 0.576 bits per heavy atom. The quantitative estimate of drug-likeness (QED) is 0.141. The van der Waals surface area contributed by atoms with E-state index in [1.165, 1.54) is 93.6 Å². The van der Waals surface area contributed by atoms with E-state index in [9.17, 15) is 24.0 Å². The van der Waals surface area contributed by atoms with Crippen molar-refractivity contribution in [3.8, 4) is 45.1 Å². The van der Waals surface area contributed by atoms with E-state index in [2.05, 4.69) is 15.3 Å². The molecule has 0 saturated carbocycles. The minimum atomic E-state index is -0.961. The summed E-state index contributed by atoms with van der Waals surface area (Å²) in [6.45, 7) is 25.5. The standard InChI is InChI=1S/C37H40ClF2N5O5.C36H38ClF2N5O5/c1-18(2)29-30(19(3)13-14-41-29)45-31-21(15-22(38)26(28(31)40)27-23(39)11-10-12-25(27)49-9)32-33(35(45)47)42(8)34(46)24-17-43(20(4)16-44(24)32)36(48)50-37(5,6)7;1-17(2)28-30(18(3)12-13-40-28)44-31-20(14-21(37)25(27(31)39)26-22(38)10-9-11-24(26)48-8)32-29(34(44)46)41-33(45)23-16-42(19(4)15-43(23)32)35(47)49-36(5,6)7/h10-15,18,20,24H,16-17H2,1-9H3;9-14,17,19,23H,15-16H2,1-8H3,(H,41,45)/t20-,24-;19-,23-/m11/s1. The third-order valence-corrected chi connectivity index (χ3v) is 18.8. The molecule has 522 valence electrons. The van der Waals surface area contributed by atoms with Crippen LogP contribution in [0.2, 0.25) is 10.0 Å². The number of nitrogens with zero attached hydrogens (tertiary/aromatic N) is 9. The Morgan fingerprint density at radius 3 is 1.41 bits per heavy atom. The second kappa shape index (κ2) is 26.3. The number of nitrogens with one attached hydrogen (secondary N) is 1. The molecule has 8 aromatic rings. The lowest BCUT2D eigenvalue weighted by Crippen LogP contribution is -2.66. The van der Waals surface area contributed by atoms with Crippen molar-refractivity contribution in [2.45, 2.75) is 144 Å². The summed E-state index contributed by atoms with van der Waals surface area (Å²) in [5, 5.41) is 2.94. The van der Waals surface area contributed by atoms with Crippen molar-refractivity contribution in [2.75, 3.05) is 67.5 Å². The molecule has 1 N–H and O–H groups in total. The maximum Gasteiger partial charge on any atom is 0.410 e. The number of pyridine rings is 4. The number of fused-ring (bicyclic) bond motifs is 10. The van der Waals surface area contributed by atoms with E-state index in [0.29, 0.717) is 33.9 Å². The van der Waals surface area contributed by atoms with Gasteiger partial charge in [-0.1, -0.05) is 63.0 Å². The Kier molecular flexibility index (Phi) is 18.9. The van der Waals surface area contributed by atoms with Crippen LogP contribution >= 0.6 is 23.2 Å². The number of carbonyl (C=O) groups is 4. The number of carbonyl (C=O) groups excluding carboxylic acids is 4. The largest absolute Gasteiger partial charge is 0.496 e. The molecule has 8 heterocycles. The molecule has 0 radical (unpaired) electrons. The van der Waals surface area contributed by atoms with Crippen molar-refractivity contribution in [1.82, 2.24) is 28.9 Å². The van der Waals surface area contributed by atoms with Gasteiger partial charge in [-0.2, -0.15) is 0 Å². The number of benzene rings is 4. The number of anilines is 4. The summed E-state index contributed by atoms with van der Waals surface area (Å²) in [5.41, 5.74) is -0.770. The van der Waals surface area contributed by atoms with Crippen LogP contribution in [0.1, 0.15) is 117 Å². The number of hydrogen-bond donors (Lipinski definition) is 1. The third kappa shape index (κ3) is 12.3. The van der Waals surface area contributed by atoms with Gasteiger partial charge in [0.2, 0.25) is 5.91 Å². The minimum Gasteiger partial charge on any atom is -0.496 e. The highest BCUT2D eigenvalue weighted by molar-refractivity contribution is 6.35. The molecule has 2 saturated heterocycles. The maximum absolute atomic E-state index is 17.6. The molecule has 20 nitrogen and oxygen atoms in total. The van der Waals surface area contributed by atoms with Gasteiger partial charge in [-0.3, -0.25) is 38.3 Å². The lowest BCUT2D eigenvalue weighted by Gasteiger charge is -2.50. The summed E-state index contributed by atoms with van der Waals surface area (Å²) in [4.78, 5) is 101. The van der Waals surface area contributed by atoms with Crippen molar-refractivity contribution in [3.05, 3.63) is 150 Å². The predicted molar refractivity (Wildman–Crippen MR) is 375 cm³/mol. The number of likely N-dealkylation sites (N-methyl/N-ethyl adjacent to an activating group) is 1. The fourth-order valence-corrected chi connectivity index (χ4v) is 14.3. The highest BCUT2D eigenvalue weighted by Crippen LogP contribution is 2.50. The number of hydrogen-bond acceptors (Lipinski definition) is 14. The Morgan fingerprint density at radius 2 is 0.990 bits per heavy atom. The van der Waals surface area contributed by atoms with Gasteiger partial charge in [0.1, 0.15) is 57.8 Å². The molecule has 4 aromatic heterocycles. The number of aromatic nitrogens is 4. The Bertz CT molecular complexity index is 4820. The number of ether oxygens (including phenoxy) is 4. The Balaban J connectivity index is 0.000000200. The van der Waals surface area contributed by atoms with E-state index in [1.54, 1.807) is 96.6 Å². The molecular weight excluding hydrogens is 1320 g/mol. The molecule has 4 aliphatic rings. The van der Waals surface area contributed by atoms with Crippen LogP contribution in [-0.2, 0) is 19.1 Å². The van der Waals surface area contributed by atoms with Gasteiger partial charge in [-0.15, -0.1) is 0 Å². The van der Waals surface area contributed by atoms with Crippen molar-refractivity contribution in [2.24, 2.45) is 0 Å². The van der Waals surface area contributed by atoms with Gasteiger partial charge in [-0.05, 0) is 141 Å². The van der Waals surface area contributed by atoms with Gasteiger partial charge in [0.15, 0.2) is 11.6 Å². The maximum atomic E-state index is 17.6. The summed E-state index contributed by atoms with van der Waals surface area (Å²) < 4.78 is 90.8. The monoisotopic (exact) mass is 1400 g/mol. The highest BCUT2D eigenvalue weighted by Gasteiger charge is 2.49. The fourth-order valence-electron chi connectivity index (χ4n) is 13.8. The summed E-state index contributed by atoms with van der Waals surface area (Å²) in [6.07, 6.45) is 2.08. The summed E-state index contributed by atoms with van der Waals surface area (Å²) in [7, 11) is 4.17. The molecular formula is C73H78Cl2F4N10O10. The van der Waals surface area contributed by atoms with E-state index in [4.69, 9.17) is 42.1 Å². The first-order valence-electron chi connectivity index (χ1n) is 32.4. The smallest absolute Gasteiger partial charge is 0.410 e. The topological polar surface area (TPSA) is 203 Å². The van der Waals surface area contributed by atoms with Crippen LogP contribution in [0.3, 0.4) is 0 Å². The van der Waals surface area contributed by atoms with Crippen molar-refractivity contribution >= 4 is 91.8 Å². The predicted octanol–water partition coefficient (Wildman–Crippen LogP) is 14.4. The van der Waals surface area contributed by atoms with Gasteiger partial charge >= 0.3 is 12.2 Å². The van der Waals surface area contributed by atoms with Crippen LogP contribution in [0, 0.1) is 37.1 Å². The highest BCUT2D eigenvalue weighted by atomic mass is 35.5. The second-order valence-electron chi connectivity index (χ2n) is 27.9. The van der Waals surface area contributed by atoms with Gasteiger partial charge in [0, 0.05) is 66.5 Å².